The highest BCUT2D eigenvalue weighted by Crippen LogP contribution is 2.37. The predicted octanol–water partition coefficient (Wildman–Crippen LogP) is 1.80. The minimum absolute atomic E-state index is 0.241. The third-order valence-corrected chi connectivity index (χ3v) is 3.82. The van der Waals surface area contributed by atoms with E-state index in [1.54, 1.807) is 7.05 Å². The number of nitriles is 1. The van der Waals surface area contributed by atoms with Gasteiger partial charge in [0.25, 0.3) is 5.91 Å². The maximum atomic E-state index is 11.9. The average molecular weight is 266 g/mol. The van der Waals surface area contributed by atoms with Gasteiger partial charge in [0.2, 0.25) is 0 Å². The maximum Gasteiger partial charge on any atom is 0.256 e. The lowest BCUT2D eigenvalue weighted by Crippen LogP contribution is -2.27. The van der Waals surface area contributed by atoms with Gasteiger partial charge in [-0.05, 0) is 13.3 Å². The lowest BCUT2D eigenvalue weighted by Gasteiger charge is -2.21. The second-order valence-corrected chi connectivity index (χ2v) is 4.79. The summed E-state index contributed by atoms with van der Waals surface area (Å²) in [6.45, 7) is 5.71. The Hall–Kier alpha value is -1.74. The summed E-state index contributed by atoms with van der Waals surface area (Å²) in [5, 5.41) is 12.4. The van der Waals surface area contributed by atoms with Crippen LogP contribution in [0.4, 0.5) is 10.7 Å². The van der Waals surface area contributed by atoms with Gasteiger partial charge in [-0.2, -0.15) is 5.26 Å². The van der Waals surface area contributed by atoms with Gasteiger partial charge < -0.3 is 16.0 Å². The Bertz CT molecular complexity index is 475. The Morgan fingerprint density at radius 2 is 2.22 bits per heavy atom. The number of amides is 1. The molecule has 0 atom stereocenters. The van der Waals surface area contributed by atoms with Gasteiger partial charge in [-0.3, -0.25) is 4.79 Å². The number of nitrogens with two attached hydrogens (primary N) is 1. The quantitative estimate of drug-likeness (QED) is 0.851. The van der Waals surface area contributed by atoms with Crippen LogP contribution in [-0.2, 0) is 0 Å². The number of rotatable bonds is 5. The Morgan fingerprint density at radius 1 is 1.56 bits per heavy atom. The fraction of sp³-hybridized carbons (Fsp3) is 0.500. The number of hydrogen-bond acceptors (Lipinski definition) is 5. The number of hydrogen-bond donors (Lipinski definition) is 2. The van der Waals surface area contributed by atoms with Crippen molar-refractivity contribution in [3.05, 3.63) is 10.4 Å². The fourth-order valence-corrected chi connectivity index (χ4v) is 2.86. The van der Waals surface area contributed by atoms with Gasteiger partial charge >= 0.3 is 0 Å². The summed E-state index contributed by atoms with van der Waals surface area (Å²) in [4.78, 5) is 14.4. The largest absolute Gasteiger partial charge is 0.396 e. The molecule has 1 heterocycles. The van der Waals surface area contributed by atoms with Crippen LogP contribution in [0.25, 0.3) is 0 Å². The molecule has 0 bridgehead atoms. The van der Waals surface area contributed by atoms with Crippen LogP contribution >= 0.6 is 11.3 Å². The molecule has 0 spiro atoms. The summed E-state index contributed by atoms with van der Waals surface area (Å²) in [5.41, 5.74) is 6.59. The molecule has 1 aromatic rings. The number of nitrogen functional groups attached to an aromatic ring is 1. The van der Waals surface area contributed by atoms with Crippen molar-refractivity contribution >= 4 is 27.9 Å². The molecule has 0 saturated carbocycles. The van der Waals surface area contributed by atoms with Crippen molar-refractivity contribution < 1.29 is 4.79 Å². The van der Waals surface area contributed by atoms with Gasteiger partial charge in [-0.15, -0.1) is 11.3 Å². The number of nitrogens with one attached hydrogen (secondary N) is 1. The molecule has 0 aromatic carbocycles. The first-order chi connectivity index (χ1) is 8.60. The second-order valence-electron chi connectivity index (χ2n) is 3.80. The van der Waals surface area contributed by atoms with E-state index in [0.29, 0.717) is 10.4 Å². The molecule has 0 aliphatic heterocycles. The van der Waals surface area contributed by atoms with Crippen LogP contribution in [0.15, 0.2) is 0 Å². The lowest BCUT2D eigenvalue weighted by molar-refractivity contribution is 0.0965. The van der Waals surface area contributed by atoms with Crippen molar-refractivity contribution in [2.75, 3.05) is 30.8 Å². The van der Waals surface area contributed by atoms with Crippen molar-refractivity contribution in [1.82, 2.24) is 5.32 Å². The molecule has 1 rings (SSSR count). The van der Waals surface area contributed by atoms with Crippen molar-refractivity contribution in [3.63, 3.8) is 0 Å². The molecule has 5 nitrogen and oxygen atoms in total. The smallest absolute Gasteiger partial charge is 0.256 e. The fourth-order valence-electron chi connectivity index (χ4n) is 1.75. The monoisotopic (exact) mass is 266 g/mol. The third-order valence-electron chi connectivity index (χ3n) is 2.64. The van der Waals surface area contributed by atoms with Gasteiger partial charge in [-0.25, -0.2) is 0 Å². The number of carbonyl (C=O) groups excluding carboxylic acids is 1. The van der Waals surface area contributed by atoms with E-state index in [0.717, 1.165) is 24.5 Å². The van der Waals surface area contributed by atoms with Crippen molar-refractivity contribution in [3.8, 4) is 6.07 Å². The maximum absolute atomic E-state index is 11.9. The second kappa shape index (κ2) is 6.26. The molecule has 18 heavy (non-hydrogen) atoms. The first-order valence-corrected chi connectivity index (χ1v) is 6.71. The molecule has 98 valence electrons. The number of anilines is 2. The molecule has 1 amide bonds. The van der Waals surface area contributed by atoms with Crippen LogP contribution in [0.2, 0.25) is 0 Å². The van der Waals surface area contributed by atoms with Crippen molar-refractivity contribution in [2.45, 2.75) is 20.3 Å². The molecule has 1 aromatic heterocycles. The van der Waals surface area contributed by atoms with Crippen LogP contribution in [0, 0.1) is 11.3 Å². The summed E-state index contributed by atoms with van der Waals surface area (Å²) in [6, 6.07) is 2.04. The summed E-state index contributed by atoms with van der Waals surface area (Å²) in [5.74, 6) is -0.241. The highest BCUT2D eigenvalue weighted by atomic mass is 32.1. The number of thiophene rings is 1. The van der Waals surface area contributed by atoms with Gasteiger partial charge in [0.1, 0.15) is 15.9 Å². The standard InChI is InChI=1S/C12H18N4OS/c1-4-6-16(5-2)12-9(11(17)15-3)10(14)8(7-13)18-12/h4-6,14H2,1-3H3,(H,15,17). The zero-order valence-corrected chi connectivity index (χ0v) is 11.7. The molecule has 0 aliphatic carbocycles. The average Bonchev–Trinajstić information content (AvgIpc) is 2.72. The van der Waals surface area contributed by atoms with Crippen LogP contribution in [0.1, 0.15) is 35.5 Å². The highest BCUT2D eigenvalue weighted by molar-refractivity contribution is 7.17. The van der Waals surface area contributed by atoms with Crippen molar-refractivity contribution in [2.24, 2.45) is 0 Å². The Morgan fingerprint density at radius 3 is 2.67 bits per heavy atom. The highest BCUT2D eigenvalue weighted by Gasteiger charge is 2.24. The SMILES string of the molecule is CCCN(CC)c1sc(C#N)c(N)c1C(=O)NC. The first kappa shape index (κ1) is 14.3. The van der Waals surface area contributed by atoms with E-state index in [1.807, 2.05) is 13.0 Å². The molecular weight excluding hydrogens is 248 g/mol. The van der Waals surface area contributed by atoms with Gasteiger partial charge in [0.15, 0.2) is 0 Å². The Balaban J connectivity index is 3.33. The summed E-state index contributed by atoms with van der Waals surface area (Å²) in [7, 11) is 1.56. The van der Waals surface area contributed by atoms with E-state index in [-0.39, 0.29) is 11.6 Å². The summed E-state index contributed by atoms with van der Waals surface area (Å²) < 4.78 is 0. The predicted molar refractivity (Wildman–Crippen MR) is 75.0 cm³/mol. The molecular formula is C12H18N4OS. The van der Waals surface area contributed by atoms with Crippen LogP contribution in [-0.4, -0.2) is 26.0 Å². The zero-order chi connectivity index (χ0) is 13.7. The molecule has 0 aliphatic rings. The van der Waals surface area contributed by atoms with Gasteiger partial charge in [0.05, 0.1) is 11.3 Å². The van der Waals surface area contributed by atoms with Crippen LogP contribution < -0.4 is 16.0 Å². The van der Waals surface area contributed by atoms with E-state index in [2.05, 4.69) is 17.1 Å². The topological polar surface area (TPSA) is 82.2 Å². The zero-order valence-electron chi connectivity index (χ0n) is 10.9. The van der Waals surface area contributed by atoms with Crippen LogP contribution in [0.5, 0.6) is 0 Å². The van der Waals surface area contributed by atoms with E-state index in [9.17, 15) is 4.79 Å². The third kappa shape index (κ3) is 2.57. The van der Waals surface area contributed by atoms with Crippen LogP contribution in [0.3, 0.4) is 0 Å². The van der Waals surface area contributed by atoms with Gasteiger partial charge in [-0.1, -0.05) is 6.92 Å². The molecule has 0 fully saturated rings. The van der Waals surface area contributed by atoms with E-state index >= 15 is 0 Å². The Kier molecular flexibility index (Phi) is 4.98. The Labute approximate surface area is 111 Å². The molecule has 3 N–H and O–H groups in total. The minimum atomic E-state index is -0.241. The van der Waals surface area contributed by atoms with E-state index in [1.165, 1.54) is 11.3 Å². The lowest BCUT2D eigenvalue weighted by atomic mass is 10.2. The van der Waals surface area contributed by atoms with Crippen molar-refractivity contribution in [1.29, 1.82) is 5.26 Å². The van der Waals surface area contributed by atoms with E-state index < -0.39 is 0 Å². The minimum Gasteiger partial charge on any atom is -0.396 e. The summed E-state index contributed by atoms with van der Waals surface area (Å²) >= 11 is 1.28. The number of nitrogens with zero attached hydrogens (tertiary/aromatic N) is 2. The molecule has 0 saturated heterocycles. The normalized spacial score (nSPS) is 9.89. The van der Waals surface area contributed by atoms with Gasteiger partial charge in [0, 0.05) is 20.1 Å². The number of carbonyl (C=O) groups is 1. The first-order valence-electron chi connectivity index (χ1n) is 5.89. The van der Waals surface area contributed by atoms with E-state index in [4.69, 9.17) is 11.0 Å². The molecule has 0 unspecified atom stereocenters. The molecule has 6 heteroatoms. The molecule has 0 radical (unpaired) electrons. The summed E-state index contributed by atoms with van der Waals surface area (Å²) in [6.07, 6.45) is 0.973.